The number of nitrogens with zero attached hydrogens (tertiary/aromatic N) is 6. The van der Waals surface area contributed by atoms with Gasteiger partial charge in [-0.2, -0.15) is 5.10 Å². The standard InChI is InChI=1S/C26H28N8O2/c1-18-14-28-26(32-24(18)21-15-29-33(2)17-21)30-22-5-3-20(4-6-22)25(35)31-23-13-19(7-8-27-23)16-34-9-11-36-12-10-34/h3-8,13-15,17H,9-12,16H2,1-2H3,(H,27,31,35)(H,28,30,32). The summed E-state index contributed by atoms with van der Waals surface area (Å²) in [5.74, 6) is 0.782. The number of amides is 1. The predicted octanol–water partition coefficient (Wildman–Crippen LogP) is 3.41. The maximum atomic E-state index is 12.8. The van der Waals surface area contributed by atoms with E-state index in [1.807, 2.05) is 44.4 Å². The van der Waals surface area contributed by atoms with Gasteiger partial charge in [-0.25, -0.2) is 15.0 Å². The highest BCUT2D eigenvalue weighted by atomic mass is 16.5. The summed E-state index contributed by atoms with van der Waals surface area (Å²) in [6.07, 6.45) is 7.19. The van der Waals surface area contributed by atoms with Crippen LogP contribution in [0.3, 0.4) is 0 Å². The van der Waals surface area contributed by atoms with Gasteiger partial charge in [0.2, 0.25) is 5.95 Å². The number of pyridine rings is 1. The van der Waals surface area contributed by atoms with Gasteiger partial charge in [-0.1, -0.05) is 0 Å². The Kier molecular flexibility index (Phi) is 6.96. The van der Waals surface area contributed by atoms with E-state index in [-0.39, 0.29) is 5.91 Å². The van der Waals surface area contributed by atoms with E-state index in [1.54, 1.807) is 35.4 Å². The minimum Gasteiger partial charge on any atom is -0.379 e. The van der Waals surface area contributed by atoms with Crippen molar-refractivity contribution < 1.29 is 9.53 Å². The van der Waals surface area contributed by atoms with Crippen molar-refractivity contribution in [3.63, 3.8) is 0 Å². The molecule has 1 saturated heterocycles. The number of aryl methyl sites for hydroxylation is 2. The Morgan fingerprint density at radius 2 is 1.89 bits per heavy atom. The molecule has 36 heavy (non-hydrogen) atoms. The van der Waals surface area contributed by atoms with Gasteiger partial charge in [-0.05, 0) is 54.4 Å². The third kappa shape index (κ3) is 5.73. The summed E-state index contributed by atoms with van der Waals surface area (Å²) in [7, 11) is 1.87. The van der Waals surface area contributed by atoms with Crippen molar-refractivity contribution >= 4 is 23.4 Å². The molecular weight excluding hydrogens is 456 g/mol. The molecule has 0 radical (unpaired) electrons. The molecule has 10 heteroatoms. The smallest absolute Gasteiger partial charge is 0.256 e. The van der Waals surface area contributed by atoms with Crippen LogP contribution in [0.2, 0.25) is 0 Å². The first kappa shape index (κ1) is 23.6. The molecule has 10 nitrogen and oxygen atoms in total. The van der Waals surface area contributed by atoms with Gasteiger partial charge in [0, 0.05) is 62.1 Å². The highest BCUT2D eigenvalue weighted by Gasteiger charge is 2.13. The van der Waals surface area contributed by atoms with Gasteiger partial charge >= 0.3 is 0 Å². The fourth-order valence-electron chi connectivity index (χ4n) is 4.02. The molecule has 4 heterocycles. The van der Waals surface area contributed by atoms with Crippen LogP contribution in [0.15, 0.2) is 61.2 Å². The molecule has 1 aliphatic rings. The van der Waals surface area contributed by atoms with Gasteiger partial charge in [-0.15, -0.1) is 0 Å². The van der Waals surface area contributed by atoms with Gasteiger partial charge in [0.05, 0.1) is 25.1 Å². The van der Waals surface area contributed by atoms with Gasteiger partial charge in [-0.3, -0.25) is 14.4 Å². The quantitative estimate of drug-likeness (QED) is 0.411. The number of benzene rings is 1. The number of anilines is 3. The van der Waals surface area contributed by atoms with E-state index >= 15 is 0 Å². The lowest BCUT2D eigenvalue weighted by Gasteiger charge is -2.26. The summed E-state index contributed by atoms with van der Waals surface area (Å²) in [5.41, 5.74) is 5.11. The Bertz CT molecular complexity index is 1350. The molecule has 0 saturated carbocycles. The maximum Gasteiger partial charge on any atom is 0.256 e. The second-order valence-corrected chi connectivity index (χ2v) is 8.72. The second-order valence-electron chi connectivity index (χ2n) is 8.72. The number of carbonyl (C=O) groups excluding carboxylic acids is 1. The number of hydrogen-bond acceptors (Lipinski definition) is 8. The Hall–Kier alpha value is -4.15. The van der Waals surface area contributed by atoms with Crippen molar-refractivity contribution in [1.82, 2.24) is 29.6 Å². The molecule has 0 unspecified atom stereocenters. The molecule has 0 atom stereocenters. The maximum absolute atomic E-state index is 12.8. The number of nitrogens with one attached hydrogen (secondary N) is 2. The van der Waals surface area contributed by atoms with Gasteiger partial charge < -0.3 is 15.4 Å². The van der Waals surface area contributed by atoms with Crippen molar-refractivity contribution in [3.8, 4) is 11.3 Å². The van der Waals surface area contributed by atoms with Crippen molar-refractivity contribution in [2.24, 2.45) is 7.05 Å². The number of carbonyl (C=O) groups is 1. The molecule has 1 aromatic carbocycles. The first-order valence-corrected chi connectivity index (χ1v) is 11.8. The van der Waals surface area contributed by atoms with Gasteiger partial charge in [0.25, 0.3) is 5.91 Å². The fraction of sp³-hybridized carbons (Fsp3) is 0.269. The molecule has 0 spiro atoms. The van der Waals surface area contributed by atoms with Crippen molar-refractivity contribution in [1.29, 1.82) is 0 Å². The first-order valence-electron chi connectivity index (χ1n) is 11.8. The van der Waals surface area contributed by atoms with Crippen LogP contribution in [0.4, 0.5) is 17.5 Å². The highest BCUT2D eigenvalue weighted by Crippen LogP contribution is 2.23. The van der Waals surface area contributed by atoms with Crippen LogP contribution in [0.25, 0.3) is 11.3 Å². The van der Waals surface area contributed by atoms with Crippen molar-refractivity contribution in [2.75, 3.05) is 36.9 Å². The third-order valence-electron chi connectivity index (χ3n) is 5.93. The molecule has 184 valence electrons. The van der Waals surface area contributed by atoms with E-state index in [2.05, 4.69) is 35.6 Å². The van der Waals surface area contributed by atoms with Crippen LogP contribution in [0.1, 0.15) is 21.5 Å². The minimum atomic E-state index is -0.219. The van der Waals surface area contributed by atoms with Crippen LogP contribution < -0.4 is 10.6 Å². The summed E-state index contributed by atoms with van der Waals surface area (Å²) in [6.45, 7) is 6.08. The second kappa shape index (κ2) is 10.6. The summed E-state index contributed by atoms with van der Waals surface area (Å²) < 4.78 is 7.15. The van der Waals surface area contributed by atoms with Crippen molar-refractivity contribution in [2.45, 2.75) is 13.5 Å². The molecular formula is C26H28N8O2. The largest absolute Gasteiger partial charge is 0.379 e. The molecule has 0 bridgehead atoms. The van der Waals surface area contributed by atoms with Gasteiger partial charge in [0.1, 0.15) is 5.82 Å². The predicted molar refractivity (Wildman–Crippen MR) is 137 cm³/mol. The number of hydrogen-bond donors (Lipinski definition) is 2. The van der Waals surface area contributed by atoms with Crippen LogP contribution in [-0.2, 0) is 18.3 Å². The topological polar surface area (TPSA) is 110 Å². The zero-order valence-corrected chi connectivity index (χ0v) is 20.3. The summed E-state index contributed by atoms with van der Waals surface area (Å²) >= 11 is 0. The van der Waals surface area contributed by atoms with E-state index in [0.717, 1.165) is 60.9 Å². The normalized spacial score (nSPS) is 13.9. The average molecular weight is 485 g/mol. The Balaban J connectivity index is 1.22. The number of morpholine rings is 1. The van der Waals surface area contributed by atoms with E-state index in [1.165, 1.54) is 0 Å². The SMILES string of the molecule is Cc1cnc(Nc2ccc(C(=O)Nc3cc(CN4CCOCC4)ccn3)cc2)nc1-c1cnn(C)c1. The average Bonchev–Trinajstić information content (AvgIpc) is 3.32. The minimum absolute atomic E-state index is 0.219. The van der Waals surface area contributed by atoms with Crippen molar-refractivity contribution in [3.05, 3.63) is 77.9 Å². The third-order valence-corrected chi connectivity index (χ3v) is 5.93. The van der Waals surface area contributed by atoms with Crippen LogP contribution in [0.5, 0.6) is 0 Å². The van der Waals surface area contributed by atoms with E-state index in [9.17, 15) is 4.79 Å². The van der Waals surface area contributed by atoms with Gasteiger partial charge in [0.15, 0.2) is 0 Å². The molecule has 4 aromatic rings. The van der Waals surface area contributed by atoms with Crippen LogP contribution in [0, 0.1) is 6.92 Å². The monoisotopic (exact) mass is 484 g/mol. The molecule has 1 amide bonds. The molecule has 3 aromatic heterocycles. The summed E-state index contributed by atoms with van der Waals surface area (Å²) in [5, 5.41) is 10.3. The molecule has 1 fully saturated rings. The lowest BCUT2D eigenvalue weighted by atomic mass is 10.1. The van der Waals surface area contributed by atoms with E-state index < -0.39 is 0 Å². The first-order chi connectivity index (χ1) is 17.5. The molecule has 2 N–H and O–H groups in total. The molecule has 5 rings (SSSR count). The summed E-state index contributed by atoms with van der Waals surface area (Å²) in [4.78, 5) is 28.4. The van der Waals surface area contributed by atoms with Crippen LogP contribution >= 0.6 is 0 Å². The highest BCUT2D eigenvalue weighted by molar-refractivity contribution is 6.04. The van der Waals surface area contributed by atoms with E-state index in [4.69, 9.17) is 4.74 Å². The Morgan fingerprint density at radius 1 is 1.08 bits per heavy atom. The lowest BCUT2D eigenvalue weighted by Crippen LogP contribution is -2.35. The summed E-state index contributed by atoms with van der Waals surface area (Å²) in [6, 6.07) is 11.0. The Labute approximate surface area is 209 Å². The van der Waals surface area contributed by atoms with Crippen LogP contribution in [-0.4, -0.2) is 61.8 Å². The molecule has 0 aliphatic carbocycles. The Morgan fingerprint density at radius 3 is 2.64 bits per heavy atom. The fourth-order valence-corrected chi connectivity index (χ4v) is 4.02. The van der Waals surface area contributed by atoms with E-state index in [0.29, 0.717) is 17.3 Å². The zero-order chi connectivity index (χ0) is 24.9. The number of ether oxygens (including phenoxy) is 1. The lowest BCUT2D eigenvalue weighted by molar-refractivity contribution is 0.0342. The number of aromatic nitrogens is 5. The molecule has 1 aliphatic heterocycles. The zero-order valence-electron chi connectivity index (χ0n) is 20.3. The number of rotatable bonds is 7.